The predicted octanol–water partition coefficient (Wildman–Crippen LogP) is 5.49. The van der Waals surface area contributed by atoms with Gasteiger partial charge in [-0.1, -0.05) is 12.1 Å². The predicted molar refractivity (Wildman–Crippen MR) is 134 cm³/mol. The maximum atomic E-state index is 5.90. The average molecular weight is 445 g/mol. The molecule has 0 saturated heterocycles. The molecule has 0 spiro atoms. The van der Waals surface area contributed by atoms with Crippen LogP contribution in [0, 0.1) is 13.8 Å². The second-order valence-electron chi connectivity index (χ2n) is 8.64. The Bertz CT molecular complexity index is 1220. The summed E-state index contributed by atoms with van der Waals surface area (Å²) in [5.74, 6) is 2.50. The van der Waals surface area contributed by atoms with Gasteiger partial charge in [0, 0.05) is 30.1 Å². The third kappa shape index (κ3) is 6.11. The van der Waals surface area contributed by atoms with Crippen LogP contribution in [0.1, 0.15) is 23.4 Å². The van der Waals surface area contributed by atoms with E-state index >= 15 is 0 Å². The Morgan fingerprint density at radius 2 is 1.91 bits per heavy atom. The molecule has 2 aromatic carbocycles. The summed E-state index contributed by atoms with van der Waals surface area (Å²) in [4.78, 5) is 11.4. The molecule has 2 aromatic heterocycles. The van der Waals surface area contributed by atoms with Gasteiger partial charge < -0.3 is 19.4 Å². The zero-order valence-corrected chi connectivity index (χ0v) is 19.9. The summed E-state index contributed by atoms with van der Waals surface area (Å²) in [6, 6.07) is 16.5. The molecule has 0 aliphatic heterocycles. The minimum Gasteiger partial charge on any atom is -0.494 e. The molecule has 0 radical (unpaired) electrons. The molecule has 0 bridgehead atoms. The lowest BCUT2D eigenvalue weighted by atomic mass is 10.1. The number of aryl methyl sites for hydroxylation is 2. The summed E-state index contributed by atoms with van der Waals surface area (Å²) in [5, 5.41) is 4.57. The van der Waals surface area contributed by atoms with Gasteiger partial charge in [-0.2, -0.15) is 0 Å². The van der Waals surface area contributed by atoms with E-state index in [0.717, 1.165) is 77.7 Å². The highest BCUT2D eigenvalue weighted by atomic mass is 16.5. The Morgan fingerprint density at radius 3 is 2.76 bits per heavy atom. The Kier molecular flexibility index (Phi) is 7.25. The van der Waals surface area contributed by atoms with E-state index in [1.165, 1.54) is 5.56 Å². The van der Waals surface area contributed by atoms with E-state index in [1.54, 1.807) is 6.26 Å². The van der Waals surface area contributed by atoms with E-state index in [-0.39, 0.29) is 0 Å². The number of hydrogen-bond acceptors (Lipinski definition) is 6. The molecule has 0 fully saturated rings. The SMILES string of the molecule is Cc1nc(NCCc2cccc(OCCCN(C)C)c2)cc(-c2ccc3occ(C)c3c2)n1. The molecule has 0 unspecified atom stereocenters. The van der Waals surface area contributed by atoms with Gasteiger partial charge in [-0.3, -0.25) is 0 Å². The smallest absolute Gasteiger partial charge is 0.134 e. The summed E-state index contributed by atoms with van der Waals surface area (Å²) in [6.45, 7) is 6.51. The van der Waals surface area contributed by atoms with Crippen LogP contribution >= 0.6 is 0 Å². The molecule has 0 aliphatic rings. The highest BCUT2D eigenvalue weighted by Gasteiger charge is 2.08. The second kappa shape index (κ2) is 10.5. The molecule has 0 saturated carbocycles. The van der Waals surface area contributed by atoms with Gasteiger partial charge in [0.05, 0.1) is 18.6 Å². The van der Waals surface area contributed by atoms with Crippen molar-refractivity contribution in [2.45, 2.75) is 26.7 Å². The van der Waals surface area contributed by atoms with Crippen molar-refractivity contribution in [3.63, 3.8) is 0 Å². The number of nitrogens with zero attached hydrogens (tertiary/aromatic N) is 3. The van der Waals surface area contributed by atoms with Crippen LogP contribution in [0.3, 0.4) is 0 Å². The Labute approximate surface area is 195 Å². The quantitative estimate of drug-likeness (QED) is 0.326. The van der Waals surface area contributed by atoms with Crippen molar-refractivity contribution in [2.24, 2.45) is 0 Å². The first-order valence-corrected chi connectivity index (χ1v) is 11.4. The number of ether oxygens (including phenoxy) is 1. The van der Waals surface area contributed by atoms with Crippen molar-refractivity contribution in [1.82, 2.24) is 14.9 Å². The standard InChI is InChI=1S/C27H32N4O2/c1-19-18-33-26-10-9-22(16-24(19)26)25-17-27(30-20(2)29-25)28-12-11-21-7-5-8-23(15-21)32-14-6-13-31(3)4/h5,7-10,15-18H,6,11-14H2,1-4H3,(H,28,29,30). The third-order valence-electron chi connectivity index (χ3n) is 5.54. The van der Waals surface area contributed by atoms with Crippen molar-refractivity contribution in [3.8, 4) is 17.0 Å². The Morgan fingerprint density at radius 1 is 1.03 bits per heavy atom. The Hall–Kier alpha value is -3.38. The first kappa shape index (κ1) is 22.8. The lowest BCUT2D eigenvalue weighted by Gasteiger charge is -2.12. The third-order valence-corrected chi connectivity index (χ3v) is 5.54. The van der Waals surface area contributed by atoms with E-state index in [1.807, 2.05) is 31.2 Å². The van der Waals surface area contributed by atoms with E-state index in [2.05, 4.69) is 65.5 Å². The fraction of sp³-hybridized carbons (Fsp3) is 0.333. The maximum absolute atomic E-state index is 5.90. The molecule has 2 heterocycles. The number of aromatic nitrogens is 2. The number of nitrogens with one attached hydrogen (secondary N) is 1. The van der Waals surface area contributed by atoms with Gasteiger partial charge in [0.15, 0.2) is 0 Å². The zero-order valence-electron chi connectivity index (χ0n) is 19.9. The van der Waals surface area contributed by atoms with Gasteiger partial charge in [-0.05, 0) is 82.2 Å². The summed E-state index contributed by atoms with van der Waals surface area (Å²) >= 11 is 0. The van der Waals surface area contributed by atoms with Crippen molar-refractivity contribution < 1.29 is 9.15 Å². The molecule has 4 aromatic rings. The highest BCUT2D eigenvalue weighted by Crippen LogP contribution is 2.27. The lowest BCUT2D eigenvalue weighted by molar-refractivity contribution is 0.281. The van der Waals surface area contributed by atoms with E-state index in [0.29, 0.717) is 0 Å². The Balaban J connectivity index is 1.37. The van der Waals surface area contributed by atoms with Gasteiger partial charge >= 0.3 is 0 Å². The molecule has 1 N–H and O–H groups in total. The van der Waals surface area contributed by atoms with Crippen molar-refractivity contribution >= 4 is 16.8 Å². The molecule has 172 valence electrons. The van der Waals surface area contributed by atoms with Gasteiger partial charge in [-0.25, -0.2) is 9.97 Å². The molecule has 6 heteroatoms. The first-order valence-electron chi connectivity index (χ1n) is 11.4. The zero-order chi connectivity index (χ0) is 23.2. The van der Waals surface area contributed by atoms with Crippen LogP contribution < -0.4 is 10.1 Å². The average Bonchev–Trinajstić information content (AvgIpc) is 3.17. The van der Waals surface area contributed by atoms with Gasteiger partial charge in [0.25, 0.3) is 0 Å². The summed E-state index contributed by atoms with van der Waals surface area (Å²) < 4.78 is 11.5. The molecule has 33 heavy (non-hydrogen) atoms. The molecule has 0 amide bonds. The largest absolute Gasteiger partial charge is 0.494 e. The topological polar surface area (TPSA) is 63.4 Å². The van der Waals surface area contributed by atoms with Crippen LogP contribution in [0.15, 0.2) is 59.2 Å². The second-order valence-corrected chi connectivity index (χ2v) is 8.64. The summed E-state index contributed by atoms with van der Waals surface area (Å²) in [7, 11) is 4.16. The van der Waals surface area contributed by atoms with Crippen LogP contribution in [0.25, 0.3) is 22.2 Å². The number of anilines is 1. The fourth-order valence-corrected chi connectivity index (χ4v) is 3.82. The minimum absolute atomic E-state index is 0.729. The fourth-order valence-electron chi connectivity index (χ4n) is 3.82. The molecule has 4 rings (SSSR count). The first-order chi connectivity index (χ1) is 16.0. The van der Waals surface area contributed by atoms with E-state index < -0.39 is 0 Å². The van der Waals surface area contributed by atoms with Crippen molar-refractivity contribution in [3.05, 3.63) is 71.7 Å². The van der Waals surface area contributed by atoms with Crippen molar-refractivity contribution in [1.29, 1.82) is 0 Å². The van der Waals surface area contributed by atoms with Gasteiger partial charge in [0.2, 0.25) is 0 Å². The summed E-state index contributed by atoms with van der Waals surface area (Å²) in [5.41, 5.74) is 5.21. The minimum atomic E-state index is 0.729. The molecular weight excluding hydrogens is 412 g/mol. The number of furan rings is 1. The van der Waals surface area contributed by atoms with Gasteiger partial charge in [0.1, 0.15) is 23.0 Å². The van der Waals surface area contributed by atoms with Crippen LogP contribution in [0.5, 0.6) is 5.75 Å². The highest BCUT2D eigenvalue weighted by molar-refractivity contribution is 5.85. The van der Waals surface area contributed by atoms with E-state index in [4.69, 9.17) is 9.15 Å². The number of fused-ring (bicyclic) bond motifs is 1. The number of rotatable bonds is 10. The summed E-state index contributed by atoms with van der Waals surface area (Å²) in [6.07, 6.45) is 3.69. The molecule has 6 nitrogen and oxygen atoms in total. The number of benzene rings is 2. The van der Waals surface area contributed by atoms with Gasteiger partial charge in [-0.15, -0.1) is 0 Å². The monoisotopic (exact) mass is 444 g/mol. The number of hydrogen-bond donors (Lipinski definition) is 1. The van der Waals surface area contributed by atoms with E-state index in [9.17, 15) is 0 Å². The van der Waals surface area contributed by atoms with Crippen LogP contribution in [-0.2, 0) is 6.42 Å². The van der Waals surface area contributed by atoms with Crippen molar-refractivity contribution in [2.75, 3.05) is 39.1 Å². The molecular formula is C27H32N4O2. The molecule has 0 atom stereocenters. The van der Waals surface area contributed by atoms with Crippen LogP contribution in [0.2, 0.25) is 0 Å². The molecule has 0 aliphatic carbocycles. The lowest BCUT2D eigenvalue weighted by Crippen LogP contribution is -2.15. The maximum Gasteiger partial charge on any atom is 0.134 e. The van der Waals surface area contributed by atoms with Crippen LogP contribution in [0.4, 0.5) is 5.82 Å². The van der Waals surface area contributed by atoms with Crippen LogP contribution in [-0.4, -0.2) is 48.7 Å². The normalized spacial score (nSPS) is 11.3.